The fraction of sp³-hybridized carbons (Fsp3) is 0.267. The highest BCUT2D eigenvalue weighted by Crippen LogP contribution is 2.11. The Morgan fingerprint density at radius 3 is 2.45 bits per heavy atom. The number of carboxylic acid groups (broad SMARTS) is 1. The molecule has 1 aliphatic heterocycles. The van der Waals surface area contributed by atoms with Crippen LogP contribution in [0.2, 0.25) is 0 Å². The van der Waals surface area contributed by atoms with Gasteiger partial charge < -0.3 is 20.6 Å². The van der Waals surface area contributed by atoms with Crippen molar-refractivity contribution in [3.8, 4) is 6.07 Å². The number of benzene rings is 1. The van der Waals surface area contributed by atoms with Gasteiger partial charge in [0.05, 0.1) is 5.56 Å². The van der Waals surface area contributed by atoms with Crippen molar-refractivity contribution in [1.29, 1.82) is 5.26 Å². The zero-order valence-electron chi connectivity index (χ0n) is 11.9. The average molecular weight is 300 g/mol. The monoisotopic (exact) mass is 300 g/mol. The zero-order chi connectivity index (χ0) is 15.9. The SMILES string of the molecule is N#C/C(=C/N1CCNCC1)C(=O)Nc1ccc(C(=O)O)cc1. The standard InChI is InChI=1S/C15H16N4O3/c16-9-12(10-19-7-5-17-6-8-19)14(20)18-13-3-1-11(2-4-13)15(21)22/h1-4,10,17H,5-8H2,(H,18,20)(H,21,22)/b12-10-. The Morgan fingerprint density at radius 1 is 1.27 bits per heavy atom. The Balaban J connectivity index is 2.04. The number of hydrogen-bond acceptors (Lipinski definition) is 5. The number of hydrogen-bond donors (Lipinski definition) is 3. The van der Waals surface area contributed by atoms with Crippen molar-refractivity contribution >= 4 is 17.6 Å². The summed E-state index contributed by atoms with van der Waals surface area (Å²) in [5, 5.41) is 23.7. The summed E-state index contributed by atoms with van der Waals surface area (Å²) >= 11 is 0. The molecule has 3 N–H and O–H groups in total. The van der Waals surface area contributed by atoms with Crippen molar-refractivity contribution < 1.29 is 14.7 Å². The third kappa shape index (κ3) is 4.07. The van der Waals surface area contributed by atoms with Crippen molar-refractivity contribution in [2.45, 2.75) is 0 Å². The second kappa shape index (κ2) is 7.24. The van der Waals surface area contributed by atoms with Gasteiger partial charge in [-0.1, -0.05) is 0 Å². The molecule has 0 radical (unpaired) electrons. The van der Waals surface area contributed by atoms with E-state index < -0.39 is 11.9 Å². The van der Waals surface area contributed by atoms with Crippen molar-refractivity contribution in [2.75, 3.05) is 31.5 Å². The van der Waals surface area contributed by atoms with Crippen LogP contribution < -0.4 is 10.6 Å². The first-order chi connectivity index (χ1) is 10.6. The van der Waals surface area contributed by atoms with Crippen molar-refractivity contribution in [3.63, 3.8) is 0 Å². The van der Waals surface area contributed by atoms with E-state index in [1.807, 2.05) is 11.0 Å². The normalized spacial score (nSPS) is 15.0. The number of carbonyl (C=O) groups is 2. The Hall–Kier alpha value is -2.85. The molecule has 22 heavy (non-hydrogen) atoms. The number of nitrogens with one attached hydrogen (secondary N) is 2. The van der Waals surface area contributed by atoms with Crippen molar-refractivity contribution in [1.82, 2.24) is 10.2 Å². The van der Waals surface area contributed by atoms with Gasteiger partial charge in [-0.25, -0.2) is 4.79 Å². The molecule has 1 fully saturated rings. The van der Waals surface area contributed by atoms with Gasteiger partial charge in [-0.3, -0.25) is 4.79 Å². The van der Waals surface area contributed by atoms with Crippen molar-refractivity contribution in [2.24, 2.45) is 0 Å². The second-order valence-electron chi connectivity index (χ2n) is 4.78. The Kier molecular flexibility index (Phi) is 5.11. The number of anilines is 1. The molecular weight excluding hydrogens is 284 g/mol. The lowest BCUT2D eigenvalue weighted by Gasteiger charge is -2.26. The minimum atomic E-state index is -1.03. The Labute approximate surface area is 127 Å². The molecule has 1 aromatic rings. The van der Waals surface area contributed by atoms with Gasteiger partial charge in [0, 0.05) is 38.1 Å². The average Bonchev–Trinajstić information content (AvgIpc) is 2.54. The molecular formula is C15H16N4O3. The van der Waals surface area contributed by atoms with Gasteiger partial charge in [-0.15, -0.1) is 0 Å². The number of carboxylic acids is 1. The molecule has 0 aliphatic carbocycles. The van der Waals surface area contributed by atoms with Gasteiger partial charge in [-0.2, -0.15) is 5.26 Å². The van der Waals surface area contributed by atoms with Crippen LogP contribution in [0.25, 0.3) is 0 Å². The zero-order valence-corrected chi connectivity index (χ0v) is 11.9. The molecule has 0 saturated carbocycles. The first-order valence-corrected chi connectivity index (χ1v) is 6.81. The number of nitriles is 1. The quantitative estimate of drug-likeness (QED) is 0.556. The molecule has 0 aromatic heterocycles. The third-order valence-corrected chi connectivity index (χ3v) is 3.22. The molecule has 1 saturated heterocycles. The van der Waals surface area contributed by atoms with Crippen molar-refractivity contribution in [3.05, 3.63) is 41.6 Å². The summed E-state index contributed by atoms with van der Waals surface area (Å²) in [6.45, 7) is 3.11. The second-order valence-corrected chi connectivity index (χ2v) is 4.78. The molecule has 1 amide bonds. The molecule has 7 nitrogen and oxygen atoms in total. The number of amides is 1. The number of aromatic carboxylic acids is 1. The Morgan fingerprint density at radius 2 is 1.91 bits per heavy atom. The number of rotatable bonds is 4. The van der Waals surface area contributed by atoms with Crippen LogP contribution in [0.15, 0.2) is 36.0 Å². The number of piperazine rings is 1. The highest BCUT2D eigenvalue weighted by atomic mass is 16.4. The summed E-state index contributed by atoms with van der Waals surface area (Å²) in [5.74, 6) is -1.54. The van der Waals surface area contributed by atoms with E-state index in [4.69, 9.17) is 10.4 Å². The topological polar surface area (TPSA) is 105 Å². The van der Waals surface area contributed by atoms with Gasteiger partial charge in [0.1, 0.15) is 11.6 Å². The van der Waals surface area contributed by atoms with Crippen LogP contribution in [-0.2, 0) is 4.79 Å². The molecule has 0 atom stereocenters. The predicted molar refractivity (Wildman–Crippen MR) is 80.2 cm³/mol. The first-order valence-electron chi connectivity index (χ1n) is 6.81. The first kappa shape index (κ1) is 15.5. The van der Waals surface area contributed by atoms with E-state index in [1.165, 1.54) is 24.3 Å². The van der Waals surface area contributed by atoms with E-state index in [9.17, 15) is 9.59 Å². The highest BCUT2D eigenvalue weighted by Gasteiger charge is 2.13. The summed E-state index contributed by atoms with van der Waals surface area (Å²) in [6.07, 6.45) is 1.56. The van der Waals surface area contributed by atoms with E-state index >= 15 is 0 Å². The molecule has 0 spiro atoms. The maximum Gasteiger partial charge on any atom is 0.335 e. The minimum absolute atomic E-state index is 0.0178. The molecule has 7 heteroatoms. The maximum atomic E-state index is 12.1. The van der Waals surface area contributed by atoms with Gasteiger partial charge in [0.2, 0.25) is 0 Å². The van der Waals surface area contributed by atoms with Crippen LogP contribution in [0.4, 0.5) is 5.69 Å². The van der Waals surface area contributed by atoms with E-state index in [1.54, 1.807) is 6.20 Å². The highest BCUT2D eigenvalue weighted by molar-refractivity contribution is 6.06. The number of nitrogens with zero attached hydrogens (tertiary/aromatic N) is 2. The largest absolute Gasteiger partial charge is 0.478 e. The van der Waals surface area contributed by atoms with Crippen LogP contribution in [0.1, 0.15) is 10.4 Å². The molecule has 1 aliphatic rings. The van der Waals surface area contributed by atoms with Gasteiger partial charge in [-0.05, 0) is 24.3 Å². The van der Waals surface area contributed by atoms with Crippen LogP contribution >= 0.6 is 0 Å². The summed E-state index contributed by atoms with van der Waals surface area (Å²) in [4.78, 5) is 24.8. The molecule has 114 valence electrons. The van der Waals surface area contributed by atoms with E-state index in [2.05, 4.69) is 10.6 Å². The van der Waals surface area contributed by atoms with E-state index in [0.29, 0.717) is 5.69 Å². The summed E-state index contributed by atoms with van der Waals surface area (Å²) in [6, 6.07) is 7.65. The van der Waals surface area contributed by atoms with Crippen LogP contribution in [0, 0.1) is 11.3 Å². The van der Waals surface area contributed by atoms with Gasteiger partial charge in [0.15, 0.2) is 0 Å². The van der Waals surface area contributed by atoms with Gasteiger partial charge in [0.25, 0.3) is 5.91 Å². The maximum absolute atomic E-state index is 12.1. The Bertz CT molecular complexity index is 625. The van der Waals surface area contributed by atoms with Crippen LogP contribution in [-0.4, -0.2) is 48.1 Å². The summed E-state index contributed by atoms with van der Waals surface area (Å²) in [7, 11) is 0. The number of carbonyl (C=O) groups excluding carboxylic acids is 1. The van der Waals surface area contributed by atoms with Crippen LogP contribution in [0.3, 0.4) is 0 Å². The lowest BCUT2D eigenvalue weighted by atomic mass is 10.2. The van der Waals surface area contributed by atoms with Crippen LogP contribution in [0.5, 0.6) is 0 Å². The lowest BCUT2D eigenvalue weighted by molar-refractivity contribution is -0.112. The summed E-state index contributed by atoms with van der Waals surface area (Å²) < 4.78 is 0. The third-order valence-electron chi connectivity index (χ3n) is 3.22. The molecule has 0 unspecified atom stereocenters. The van der Waals surface area contributed by atoms with E-state index in [-0.39, 0.29) is 11.1 Å². The molecule has 2 rings (SSSR count). The molecule has 1 aromatic carbocycles. The summed E-state index contributed by atoms with van der Waals surface area (Å²) in [5.41, 5.74) is 0.593. The fourth-order valence-corrected chi connectivity index (χ4v) is 2.03. The van der Waals surface area contributed by atoms with Gasteiger partial charge >= 0.3 is 5.97 Å². The predicted octanol–water partition coefficient (Wildman–Crippen LogP) is 0.636. The molecule has 0 bridgehead atoms. The lowest BCUT2D eigenvalue weighted by Crippen LogP contribution is -2.41. The minimum Gasteiger partial charge on any atom is -0.478 e. The molecule has 1 heterocycles. The fourth-order valence-electron chi connectivity index (χ4n) is 2.03. The smallest absolute Gasteiger partial charge is 0.335 e. The van der Waals surface area contributed by atoms with E-state index in [0.717, 1.165) is 26.2 Å².